The van der Waals surface area contributed by atoms with Gasteiger partial charge < -0.3 is 9.47 Å². The van der Waals surface area contributed by atoms with Gasteiger partial charge in [-0.25, -0.2) is 8.42 Å². The van der Waals surface area contributed by atoms with Crippen molar-refractivity contribution >= 4 is 38.6 Å². The van der Waals surface area contributed by atoms with Crippen LogP contribution in [-0.4, -0.2) is 21.6 Å². The number of anilines is 1. The molecule has 0 bridgehead atoms. The third kappa shape index (κ3) is 3.16. The van der Waals surface area contributed by atoms with Gasteiger partial charge in [-0.3, -0.25) is 4.72 Å². The number of nitrogens with one attached hydrogen (secondary N) is 1. The lowest BCUT2D eigenvalue weighted by atomic mass is 10.3. The summed E-state index contributed by atoms with van der Waals surface area (Å²) in [6.07, 6.45) is 0.766. The number of hydrogen-bond donors (Lipinski definition) is 1. The Labute approximate surface area is 137 Å². The van der Waals surface area contributed by atoms with Crippen LogP contribution in [0.1, 0.15) is 11.3 Å². The van der Waals surface area contributed by atoms with Crippen LogP contribution in [0.2, 0.25) is 5.02 Å². The number of ether oxygens (including phenoxy) is 2. The van der Waals surface area contributed by atoms with E-state index in [1.165, 1.54) is 11.3 Å². The Hall–Kier alpha value is -1.44. The summed E-state index contributed by atoms with van der Waals surface area (Å²) in [4.78, 5) is 0.921. The van der Waals surface area contributed by atoms with Crippen molar-refractivity contribution in [1.82, 2.24) is 0 Å². The zero-order valence-corrected chi connectivity index (χ0v) is 14.1. The number of halogens is 1. The first-order valence-electron chi connectivity index (χ1n) is 6.64. The number of fused-ring (bicyclic) bond motifs is 1. The predicted octanol–water partition coefficient (Wildman–Crippen LogP) is 3.67. The van der Waals surface area contributed by atoms with Gasteiger partial charge in [0.2, 0.25) is 0 Å². The lowest BCUT2D eigenvalue weighted by Crippen LogP contribution is -2.12. The Morgan fingerprint density at radius 3 is 2.50 bits per heavy atom. The highest BCUT2D eigenvalue weighted by molar-refractivity contribution is 7.94. The zero-order chi connectivity index (χ0) is 15.7. The molecule has 5 nitrogen and oxygen atoms in total. The fourth-order valence-electron chi connectivity index (χ4n) is 2.01. The van der Waals surface area contributed by atoms with Gasteiger partial charge in [0.25, 0.3) is 10.0 Å². The molecule has 3 rings (SSSR count). The quantitative estimate of drug-likeness (QED) is 0.908. The normalized spacial score (nSPS) is 14.5. The molecule has 0 saturated heterocycles. The van der Waals surface area contributed by atoms with E-state index >= 15 is 0 Å². The van der Waals surface area contributed by atoms with Crippen molar-refractivity contribution < 1.29 is 17.9 Å². The molecule has 1 aliphatic heterocycles. The Kier molecular flexibility index (Phi) is 4.20. The Morgan fingerprint density at radius 1 is 1.18 bits per heavy atom. The SMILES string of the molecule is Cc1ccc(S(=O)(=O)Nc2cc3c(cc2Cl)OCCCO3)s1. The summed E-state index contributed by atoms with van der Waals surface area (Å²) in [5.74, 6) is 1.01. The molecule has 0 fully saturated rings. The molecule has 0 aliphatic carbocycles. The van der Waals surface area contributed by atoms with Crippen LogP contribution >= 0.6 is 22.9 Å². The van der Waals surface area contributed by atoms with Crippen LogP contribution in [-0.2, 0) is 10.0 Å². The lowest BCUT2D eigenvalue weighted by Gasteiger charge is -2.13. The summed E-state index contributed by atoms with van der Waals surface area (Å²) in [6.45, 7) is 2.91. The van der Waals surface area contributed by atoms with E-state index in [0.29, 0.717) is 24.7 Å². The molecular weight excluding hydrogens is 346 g/mol. The molecule has 0 unspecified atom stereocenters. The van der Waals surface area contributed by atoms with Crippen LogP contribution in [0.3, 0.4) is 0 Å². The largest absolute Gasteiger partial charge is 0.490 e. The number of thiophene rings is 1. The maximum absolute atomic E-state index is 12.4. The zero-order valence-electron chi connectivity index (χ0n) is 11.8. The van der Waals surface area contributed by atoms with E-state index in [0.717, 1.165) is 11.3 Å². The summed E-state index contributed by atoms with van der Waals surface area (Å²) in [5, 5.41) is 0.265. The minimum Gasteiger partial charge on any atom is -0.490 e. The molecule has 0 saturated carbocycles. The van der Waals surface area contributed by atoms with Crippen molar-refractivity contribution in [2.24, 2.45) is 0 Å². The molecule has 0 radical (unpaired) electrons. The van der Waals surface area contributed by atoms with Crippen molar-refractivity contribution in [3.63, 3.8) is 0 Å². The van der Waals surface area contributed by atoms with Gasteiger partial charge in [-0.15, -0.1) is 11.3 Å². The second-order valence-electron chi connectivity index (χ2n) is 4.80. The minimum atomic E-state index is -3.66. The monoisotopic (exact) mass is 359 g/mol. The molecule has 22 heavy (non-hydrogen) atoms. The summed E-state index contributed by atoms with van der Waals surface area (Å²) in [6, 6.07) is 6.45. The molecule has 2 heterocycles. The van der Waals surface area contributed by atoms with E-state index in [9.17, 15) is 8.42 Å². The summed E-state index contributed by atoms with van der Waals surface area (Å²) < 4.78 is 38.6. The first kappa shape index (κ1) is 15.5. The van der Waals surface area contributed by atoms with E-state index < -0.39 is 10.0 Å². The van der Waals surface area contributed by atoms with Gasteiger partial charge in [0.1, 0.15) is 4.21 Å². The minimum absolute atomic E-state index is 0.244. The number of aryl methyl sites for hydroxylation is 1. The molecule has 0 spiro atoms. The Balaban J connectivity index is 1.94. The molecule has 8 heteroatoms. The van der Waals surface area contributed by atoms with E-state index in [1.54, 1.807) is 24.3 Å². The summed E-state index contributed by atoms with van der Waals surface area (Å²) in [7, 11) is -3.66. The first-order valence-corrected chi connectivity index (χ1v) is 9.32. The van der Waals surface area contributed by atoms with E-state index in [1.807, 2.05) is 6.92 Å². The number of sulfonamides is 1. The first-order chi connectivity index (χ1) is 10.5. The number of benzene rings is 1. The average molecular weight is 360 g/mol. The summed E-state index contributed by atoms with van der Waals surface area (Å²) in [5.41, 5.74) is 0.275. The summed E-state index contributed by atoms with van der Waals surface area (Å²) >= 11 is 7.36. The van der Waals surface area contributed by atoms with Crippen LogP contribution in [0.4, 0.5) is 5.69 Å². The fourth-order valence-corrected chi connectivity index (χ4v) is 4.62. The average Bonchev–Trinajstić information content (AvgIpc) is 2.77. The molecule has 1 aromatic heterocycles. The molecule has 1 aromatic carbocycles. The highest BCUT2D eigenvalue weighted by atomic mass is 35.5. The second kappa shape index (κ2) is 5.98. The van der Waals surface area contributed by atoms with E-state index in [4.69, 9.17) is 21.1 Å². The molecule has 0 amide bonds. The third-order valence-electron chi connectivity index (χ3n) is 3.06. The van der Waals surface area contributed by atoms with Gasteiger partial charge in [-0.1, -0.05) is 11.6 Å². The Morgan fingerprint density at radius 2 is 1.86 bits per heavy atom. The van der Waals surface area contributed by atoms with Gasteiger partial charge in [0, 0.05) is 23.4 Å². The second-order valence-corrected chi connectivity index (χ2v) is 8.40. The van der Waals surface area contributed by atoms with Crippen LogP contribution in [0.25, 0.3) is 0 Å². The van der Waals surface area contributed by atoms with Gasteiger partial charge in [0.15, 0.2) is 11.5 Å². The van der Waals surface area contributed by atoms with Gasteiger partial charge in [0.05, 0.1) is 23.9 Å². The maximum atomic E-state index is 12.4. The highest BCUT2D eigenvalue weighted by Gasteiger charge is 2.20. The maximum Gasteiger partial charge on any atom is 0.271 e. The van der Waals surface area contributed by atoms with E-state index in [2.05, 4.69) is 4.72 Å². The van der Waals surface area contributed by atoms with Crippen molar-refractivity contribution in [3.05, 3.63) is 34.2 Å². The van der Waals surface area contributed by atoms with Crippen molar-refractivity contribution in [2.75, 3.05) is 17.9 Å². The topological polar surface area (TPSA) is 64.6 Å². The van der Waals surface area contributed by atoms with Crippen molar-refractivity contribution in [2.45, 2.75) is 17.6 Å². The smallest absolute Gasteiger partial charge is 0.271 e. The lowest BCUT2D eigenvalue weighted by molar-refractivity contribution is 0.297. The molecule has 1 aliphatic rings. The third-order valence-corrected chi connectivity index (χ3v) is 6.23. The molecule has 118 valence electrons. The molecular formula is C14H14ClNO4S2. The van der Waals surface area contributed by atoms with Crippen LogP contribution in [0.5, 0.6) is 11.5 Å². The number of hydrogen-bond acceptors (Lipinski definition) is 5. The van der Waals surface area contributed by atoms with Crippen molar-refractivity contribution in [1.29, 1.82) is 0 Å². The molecule has 2 aromatic rings. The highest BCUT2D eigenvalue weighted by Crippen LogP contribution is 2.38. The standard InChI is InChI=1S/C14H14ClNO4S2/c1-9-3-4-14(21-9)22(17,18)16-11-8-13-12(7-10(11)15)19-5-2-6-20-13/h3-4,7-8,16H,2,5-6H2,1H3. The number of rotatable bonds is 3. The Bertz CT molecular complexity index is 801. The molecule has 1 N–H and O–H groups in total. The van der Waals surface area contributed by atoms with Gasteiger partial charge in [-0.2, -0.15) is 0 Å². The van der Waals surface area contributed by atoms with Crippen LogP contribution in [0, 0.1) is 6.92 Å². The fraction of sp³-hybridized carbons (Fsp3) is 0.286. The van der Waals surface area contributed by atoms with E-state index in [-0.39, 0.29) is 14.9 Å². The predicted molar refractivity (Wildman–Crippen MR) is 86.9 cm³/mol. The molecule has 0 atom stereocenters. The van der Waals surface area contributed by atoms with Crippen molar-refractivity contribution in [3.8, 4) is 11.5 Å². The van der Waals surface area contributed by atoms with Crippen LogP contribution < -0.4 is 14.2 Å². The van der Waals surface area contributed by atoms with Gasteiger partial charge in [-0.05, 0) is 19.1 Å². The van der Waals surface area contributed by atoms with Crippen LogP contribution in [0.15, 0.2) is 28.5 Å². The van der Waals surface area contributed by atoms with Gasteiger partial charge >= 0.3 is 0 Å².